The van der Waals surface area contributed by atoms with E-state index in [1.165, 1.54) is 32.4 Å². The van der Waals surface area contributed by atoms with Crippen LogP contribution in [-0.4, -0.2) is 61.0 Å². The van der Waals surface area contributed by atoms with Gasteiger partial charge in [-0.15, -0.1) is 0 Å². The lowest BCUT2D eigenvalue weighted by atomic mass is 9.89. The Hall–Kier alpha value is -2.57. The summed E-state index contributed by atoms with van der Waals surface area (Å²) >= 11 is 5.93. The summed E-state index contributed by atoms with van der Waals surface area (Å²) in [6.07, 6.45) is 6.85. The monoisotopic (exact) mass is 482 g/mol. The summed E-state index contributed by atoms with van der Waals surface area (Å²) in [4.78, 5) is 29.9. The van der Waals surface area contributed by atoms with Gasteiger partial charge in [0, 0.05) is 41.8 Å². The van der Waals surface area contributed by atoms with Crippen LogP contribution >= 0.6 is 11.6 Å². The zero-order chi connectivity index (χ0) is 23.8. The van der Waals surface area contributed by atoms with Crippen LogP contribution in [0.1, 0.15) is 60.4 Å². The third kappa shape index (κ3) is 6.97. The Morgan fingerprint density at radius 3 is 2.56 bits per heavy atom. The number of hydrogen-bond acceptors (Lipinski definition) is 3. The summed E-state index contributed by atoms with van der Waals surface area (Å²) < 4.78 is 0. The highest BCUT2D eigenvalue weighted by Gasteiger charge is 2.25. The van der Waals surface area contributed by atoms with Gasteiger partial charge in [-0.2, -0.15) is 0 Å². The molecule has 0 unspecified atom stereocenters. The van der Waals surface area contributed by atoms with Crippen LogP contribution in [0.2, 0.25) is 5.02 Å². The molecule has 2 fully saturated rings. The number of amides is 3. The minimum absolute atomic E-state index is 0.0198. The summed E-state index contributed by atoms with van der Waals surface area (Å²) in [5.41, 5.74) is 2.54. The lowest BCUT2D eigenvalue weighted by Gasteiger charge is -2.33. The maximum absolute atomic E-state index is 12.8. The zero-order valence-corrected chi connectivity index (χ0v) is 20.5. The van der Waals surface area contributed by atoms with Crippen LogP contribution in [-0.2, 0) is 0 Å². The van der Waals surface area contributed by atoms with Crippen molar-refractivity contribution >= 4 is 29.2 Å². The third-order valence-electron chi connectivity index (χ3n) is 6.81. The van der Waals surface area contributed by atoms with Gasteiger partial charge >= 0.3 is 6.03 Å². The van der Waals surface area contributed by atoms with Crippen LogP contribution in [0.4, 0.5) is 10.5 Å². The number of rotatable bonds is 7. The van der Waals surface area contributed by atoms with Gasteiger partial charge in [0.25, 0.3) is 5.91 Å². The highest BCUT2D eigenvalue weighted by atomic mass is 35.5. The third-order valence-corrected chi connectivity index (χ3v) is 7.06. The molecule has 1 atom stereocenters. The van der Waals surface area contributed by atoms with Crippen LogP contribution in [0.25, 0.3) is 0 Å². The van der Waals surface area contributed by atoms with Gasteiger partial charge in [0.05, 0.1) is 0 Å². The Morgan fingerprint density at radius 2 is 1.76 bits per heavy atom. The molecule has 2 aromatic carbocycles. The van der Waals surface area contributed by atoms with E-state index in [-0.39, 0.29) is 17.9 Å². The lowest BCUT2D eigenvalue weighted by molar-refractivity contribution is 0.0951. The Balaban J connectivity index is 1.28. The van der Waals surface area contributed by atoms with E-state index in [1.807, 2.05) is 23.1 Å². The predicted molar refractivity (Wildman–Crippen MR) is 138 cm³/mol. The number of nitrogens with one attached hydrogen (secondary N) is 2. The first kappa shape index (κ1) is 24.6. The van der Waals surface area contributed by atoms with E-state index in [9.17, 15) is 9.59 Å². The molecule has 0 aliphatic carbocycles. The largest absolute Gasteiger partial charge is 0.352 e. The van der Waals surface area contributed by atoms with E-state index in [0.29, 0.717) is 23.7 Å². The van der Waals surface area contributed by atoms with Gasteiger partial charge in [-0.25, -0.2) is 4.79 Å². The first-order valence-electron chi connectivity index (χ1n) is 12.5. The molecular formula is C27H35ClN4O2. The number of anilines is 1. The molecule has 34 heavy (non-hydrogen) atoms. The first-order valence-corrected chi connectivity index (χ1v) is 12.9. The molecule has 2 N–H and O–H groups in total. The Morgan fingerprint density at radius 1 is 0.971 bits per heavy atom. The van der Waals surface area contributed by atoms with Gasteiger partial charge in [-0.05, 0) is 93.7 Å². The predicted octanol–water partition coefficient (Wildman–Crippen LogP) is 5.36. The lowest BCUT2D eigenvalue weighted by Crippen LogP contribution is -2.41. The van der Waals surface area contributed by atoms with Crippen molar-refractivity contribution in [1.29, 1.82) is 0 Å². The molecule has 7 heteroatoms. The minimum Gasteiger partial charge on any atom is -0.352 e. The molecule has 4 rings (SSSR count). The summed E-state index contributed by atoms with van der Waals surface area (Å²) in [7, 11) is 0. The average molecular weight is 483 g/mol. The molecule has 2 saturated heterocycles. The number of carbonyl (C=O) groups excluding carboxylic acids is 2. The van der Waals surface area contributed by atoms with Gasteiger partial charge in [0.1, 0.15) is 0 Å². The number of nitrogens with zero attached hydrogens (tertiary/aromatic N) is 2. The number of urea groups is 1. The molecule has 3 amide bonds. The molecule has 2 heterocycles. The normalized spacial score (nSPS) is 19.0. The molecule has 182 valence electrons. The molecule has 2 aliphatic rings. The van der Waals surface area contributed by atoms with E-state index in [2.05, 4.69) is 21.6 Å². The van der Waals surface area contributed by atoms with Crippen LogP contribution in [0.5, 0.6) is 0 Å². The molecule has 0 bridgehead atoms. The fourth-order valence-corrected chi connectivity index (χ4v) is 5.02. The van der Waals surface area contributed by atoms with E-state index in [0.717, 1.165) is 43.6 Å². The fraction of sp³-hybridized carbons (Fsp3) is 0.481. The van der Waals surface area contributed by atoms with Gasteiger partial charge in [-0.1, -0.05) is 30.2 Å². The molecule has 6 nitrogen and oxygen atoms in total. The smallest absolute Gasteiger partial charge is 0.321 e. The van der Waals surface area contributed by atoms with E-state index in [4.69, 9.17) is 11.6 Å². The highest BCUT2D eigenvalue weighted by molar-refractivity contribution is 6.30. The maximum atomic E-state index is 12.8. The van der Waals surface area contributed by atoms with Gasteiger partial charge in [0.2, 0.25) is 0 Å². The molecule has 0 aromatic heterocycles. The van der Waals surface area contributed by atoms with E-state index in [1.54, 1.807) is 24.3 Å². The number of piperidine rings is 2. The number of carbonyl (C=O) groups is 2. The molecule has 0 spiro atoms. The second kappa shape index (κ2) is 12.2. The van der Waals surface area contributed by atoms with Crippen molar-refractivity contribution in [2.75, 3.05) is 44.6 Å². The number of benzene rings is 2. The minimum atomic E-state index is -0.102. The average Bonchev–Trinajstić information content (AvgIpc) is 2.88. The van der Waals surface area contributed by atoms with Crippen molar-refractivity contribution in [2.45, 2.75) is 44.4 Å². The highest BCUT2D eigenvalue weighted by Crippen LogP contribution is 2.28. The SMILES string of the molecule is O=C(NCCCN1CCCCC1)c1cccc([C@H]2CCCN(C(=O)Nc3ccc(Cl)cc3)C2)c1. The van der Waals surface area contributed by atoms with Crippen LogP contribution in [0, 0.1) is 0 Å². The topological polar surface area (TPSA) is 64.7 Å². The van der Waals surface area contributed by atoms with Crippen LogP contribution in [0.15, 0.2) is 48.5 Å². The van der Waals surface area contributed by atoms with Crippen molar-refractivity contribution in [2.24, 2.45) is 0 Å². The zero-order valence-electron chi connectivity index (χ0n) is 19.8. The second-order valence-electron chi connectivity index (χ2n) is 9.36. The number of likely N-dealkylation sites (tertiary alicyclic amines) is 2. The van der Waals surface area contributed by atoms with Crippen LogP contribution < -0.4 is 10.6 Å². The van der Waals surface area contributed by atoms with Crippen molar-refractivity contribution in [1.82, 2.24) is 15.1 Å². The van der Waals surface area contributed by atoms with Crippen molar-refractivity contribution < 1.29 is 9.59 Å². The van der Waals surface area contributed by atoms with Crippen LogP contribution in [0.3, 0.4) is 0 Å². The molecule has 0 radical (unpaired) electrons. The van der Waals surface area contributed by atoms with Crippen molar-refractivity contribution in [3.8, 4) is 0 Å². The van der Waals surface area contributed by atoms with Gasteiger partial charge in [0.15, 0.2) is 0 Å². The fourth-order valence-electron chi connectivity index (χ4n) is 4.89. The van der Waals surface area contributed by atoms with Gasteiger partial charge in [-0.3, -0.25) is 4.79 Å². The summed E-state index contributed by atoms with van der Waals surface area (Å²) in [6, 6.07) is 14.9. The van der Waals surface area contributed by atoms with Crippen molar-refractivity contribution in [3.05, 3.63) is 64.7 Å². The maximum Gasteiger partial charge on any atom is 0.321 e. The second-order valence-corrected chi connectivity index (χ2v) is 9.80. The quantitative estimate of drug-likeness (QED) is 0.522. The van der Waals surface area contributed by atoms with E-state index < -0.39 is 0 Å². The Labute approximate surface area is 207 Å². The van der Waals surface area contributed by atoms with Gasteiger partial charge < -0.3 is 20.4 Å². The Kier molecular flexibility index (Phi) is 8.83. The molecule has 2 aromatic rings. The molecule has 0 saturated carbocycles. The first-order chi connectivity index (χ1) is 16.6. The summed E-state index contributed by atoms with van der Waals surface area (Å²) in [5.74, 6) is 0.199. The van der Waals surface area contributed by atoms with Crippen molar-refractivity contribution in [3.63, 3.8) is 0 Å². The molecule has 2 aliphatic heterocycles. The Bertz CT molecular complexity index is 959. The molecular weight excluding hydrogens is 448 g/mol. The van der Waals surface area contributed by atoms with E-state index >= 15 is 0 Å². The number of hydrogen-bond donors (Lipinski definition) is 2. The standard InChI is InChI=1S/C27H35ClN4O2/c28-24-10-12-25(13-11-24)30-27(34)32-18-5-9-23(20-32)21-7-4-8-22(19-21)26(33)29-14-6-17-31-15-2-1-3-16-31/h4,7-8,10-13,19,23H,1-3,5-6,9,14-18,20H2,(H,29,33)(H,30,34)/t23-/m0/s1. The summed E-state index contributed by atoms with van der Waals surface area (Å²) in [6.45, 7) is 5.49. The number of halogens is 1. The summed E-state index contributed by atoms with van der Waals surface area (Å²) in [5, 5.41) is 6.67.